The van der Waals surface area contributed by atoms with E-state index in [4.69, 9.17) is 0 Å². The molecule has 3 rings (SSSR count). The zero-order valence-corrected chi connectivity index (χ0v) is 12.9. The molecule has 108 valence electrons. The molecule has 0 radical (unpaired) electrons. The smallest absolute Gasteiger partial charge is 0.254 e. The number of carbonyl (C=O) groups excluding carboxylic acids is 1. The summed E-state index contributed by atoms with van der Waals surface area (Å²) in [6.45, 7) is 8.03. The predicted octanol–water partition coefficient (Wildman–Crippen LogP) is 4.14. The molecule has 0 bridgehead atoms. The second-order valence-electron chi connectivity index (χ2n) is 6.77. The highest BCUT2D eigenvalue weighted by Crippen LogP contribution is 2.26. The highest BCUT2D eigenvalue weighted by Gasteiger charge is 2.26. The molecular formula is C19H21NO. The molecule has 1 aliphatic rings. The molecule has 0 unspecified atom stereocenters. The summed E-state index contributed by atoms with van der Waals surface area (Å²) >= 11 is 0. The Morgan fingerprint density at radius 2 is 1.67 bits per heavy atom. The van der Waals surface area contributed by atoms with Gasteiger partial charge in [0.1, 0.15) is 0 Å². The zero-order valence-electron chi connectivity index (χ0n) is 12.9. The lowest BCUT2D eigenvalue weighted by atomic mass is 9.87. The van der Waals surface area contributed by atoms with Crippen LogP contribution in [0, 0.1) is 0 Å². The topological polar surface area (TPSA) is 20.3 Å². The molecule has 21 heavy (non-hydrogen) atoms. The van der Waals surface area contributed by atoms with Gasteiger partial charge in [0.25, 0.3) is 5.91 Å². The van der Waals surface area contributed by atoms with Crippen molar-refractivity contribution in [2.24, 2.45) is 0 Å². The van der Waals surface area contributed by atoms with Crippen molar-refractivity contribution < 1.29 is 4.79 Å². The minimum absolute atomic E-state index is 0.144. The fourth-order valence-corrected chi connectivity index (χ4v) is 2.77. The third kappa shape index (κ3) is 2.71. The van der Waals surface area contributed by atoms with E-state index in [1.807, 2.05) is 29.2 Å². The summed E-state index contributed by atoms with van der Waals surface area (Å²) < 4.78 is 0. The van der Waals surface area contributed by atoms with Gasteiger partial charge < -0.3 is 4.90 Å². The number of rotatable bonds is 2. The van der Waals surface area contributed by atoms with Crippen molar-refractivity contribution >= 4 is 5.91 Å². The summed E-state index contributed by atoms with van der Waals surface area (Å²) in [5.74, 6) is 0.144. The number of hydrogen-bond donors (Lipinski definition) is 0. The van der Waals surface area contributed by atoms with Gasteiger partial charge in [-0.3, -0.25) is 4.79 Å². The SMILES string of the molecule is CC(C)(C)c1ccc(CN2Cc3ccccc3C2=O)cc1. The molecule has 0 N–H and O–H groups in total. The van der Waals surface area contributed by atoms with Crippen molar-refractivity contribution in [3.8, 4) is 0 Å². The number of hydrogen-bond acceptors (Lipinski definition) is 1. The fraction of sp³-hybridized carbons (Fsp3) is 0.316. The molecular weight excluding hydrogens is 258 g/mol. The van der Waals surface area contributed by atoms with E-state index in [2.05, 4.69) is 45.0 Å². The first-order valence-electron chi connectivity index (χ1n) is 7.42. The summed E-state index contributed by atoms with van der Waals surface area (Å²) in [5.41, 5.74) is 4.65. The lowest BCUT2D eigenvalue weighted by Gasteiger charge is -2.20. The molecule has 1 amide bonds. The van der Waals surface area contributed by atoms with E-state index in [9.17, 15) is 4.79 Å². The van der Waals surface area contributed by atoms with Gasteiger partial charge >= 0.3 is 0 Å². The number of fused-ring (bicyclic) bond motifs is 1. The Hall–Kier alpha value is -2.09. The van der Waals surface area contributed by atoms with Crippen LogP contribution < -0.4 is 0 Å². The first-order chi connectivity index (χ1) is 9.95. The van der Waals surface area contributed by atoms with Gasteiger partial charge in [-0.15, -0.1) is 0 Å². The maximum atomic E-state index is 12.4. The van der Waals surface area contributed by atoms with Gasteiger partial charge in [0.2, 0.25) is 0 Å². The van der Waals surface area contributed by atoms with Gasteiger partial charge in [-0.2, -0.15) is 0 Å². The molecule has 1 heterocycles. The zero-order chi connectivity index (χ0) is 15.0. The first kappa shape index (κ1) is 13.9. The van der Waals surface area contributed by atoms with Crippen molar-refractivity contribution in [2.45, 2.75) is 39.3 Å². The molecule has 0 aliphatic carbocycles. The van der Waals surface area contributed by atoms with Crippen LogP contribution in [-0.4, -0.2) is 10.8 Å². The number of carbonyl (C=O) groups is 1. The molecule has 2 heteroatoms. The van der Waals surface area contributed by atoms with Crippen LogP contribution in [0.1, 0.15) is 47.8 Å². The van der Waals surface area contributed by atoms with Crippen LogP contribution >= 0.6 is 0 Å². The first-order valence-corrected chi connectivity index (χ1v) is 7.42. The molecule has 2 aromatic rings. The third-order valence-electron chi connectivity index (χ3n) is 4.09. The Kier molecular flexibility index (Phi) is 3.32. The Morgan fingerprint density at radius 1 is 1.00 bits per heavy atom. The second-order valence-corrected chi connectivity index (χ2v) is 6.77. The maximum absolute atomic E-state index is 12.4. The predicted molar refractivity (Wildman–Crippen MR) is 85.2 cm³/mol. The fourth-order valence-electron chi connectivity index (χ4n) is 2.77. The van der Waals surface area contributed by atoms with E-state index in [0.717, 1.165) is 17.7 Å². The number of nitrogens with zero attached hydrogens (tertiary/aromatic N) is 1. The van der Waals surface area contributed by atoms with Gasteiger partial charge in [0, 0.05) is 18.7 Å². The van der Waals surface area contributed by atoms with Gasteiger partial charge in [-0.1, -0.05) is 63.2 Å². The average Bonchev–Trinajstić information content (AvgIpc) is 2.76. The summed E-state index contributed by atoms with van der Waals surface area (Å²) in [6.07, 6.45) is 0. The van der Waals surface area contributed by atoms with Gasteiger partial charge in [-0.25, -0.2) is 0 Å². The molecule has 2 aromatic carbocycles. The van der Waals surface area contributed by atoms with Crippen LogP contribution in [0.15, 0.2) is 48.5 Å². The Morgan fingerprint density at radius 3 is 2.29 bits per heavy atom. The minimum Gasteiger partial charge on any atom is -0.330 e. The van der Waals surface area contributed by atoms with Crippen molar-refractivity contribution in [1.82, 2.24) is 4.90 Å². The Bertz CT molecular complexity index is 665. The molecule has 1 aliphatic heterocycles. The number of benzene rings is 2. The van der Waals surface area contributed by atoms with E-state index in [-0.39, 0.29) is 11.3 Å². The minimum atomic E-state index is 0.144. The van der Waals surface area contributed by atoms with Crippen molar-refractivity contribution in [3.63, 3.8) is 0 Å². The van der Waals surface area contributed by atoms with Crippen LogP contribution in [0.2, 0.25) is 0 Å². The molecule has 0 aromatic heterocycles. The summed E-state index contributed by atoms with van der Waals surface area (Å²) in [5, 5.41) is 0. The van der Waals surface area contributed by atoms with Crippen molar-refractivity contribution in [2.75, 3.05) is 0 Å². The summed E-state index contributed by atoms with van der Waals surface area (Å²) in [7, 11) is 0. The molecule has 0 spiro atoms. The summed E-state index contributed by atoms with van der Waals surface area (Å²) in [6, 6.07) is 16.5. The van der Waals surface area contributed by atoms with Crippen LogP contribution in [0.4, 0.5) is 0 Å². The second kappa shape index (κ2) is 5.03. The largest absolute Gasteiger partial charge is 0.330 e. The monoisotopic (exact) mass is 279 g/mol. The van der Waals surface area contributed by atoms with E-state index < -0.39 is 0 Å². The Labute approximate surface area is 126 Å². The molecule has 0 saturated carbocycles. The van der Waals surface area contributed by atoms with E-state index in [1.54, 1.807) is 0 Å². The standard InChI is InChI=1S/C19H21NO/c1-19(2,3)16-10-8-14(9-11-16)12-20-13-15-6-4-5-7-17(15)18(20)21/h4-11H,12-13H2,1-3H3. The quantitative estimate of drug-likeness (QED) is 0.809. The van der Waals surface area contributed by atoms with Crippen LogP contribution in [-0.2, 0) is 18.5 Å². The van der Waals surface area contributed by atoms with Crippen molar-refractivity contribution in [1.29, 1.82) is 0 Å². The van der Waals surface area contributed by atoms with Gasteiger partial charge in [-0.05, 0) is 28.2 Å². The summed E-state index contributed by atoms with van der Waals surface area (Å²) in [4.78, 5) is 14.3. The third-order valence-corrected chi connectivity index (χ3v) is 4.09. The normalized spacial score (nSPS) is 14.4. The van der Waals surface area contributed by atoms with Gasteiger partial charge in [0.05, 0.1) is 0 Å². The molecule has 0 fully saturated rings. The van der Waals surface area contributed by atoms with E-state index >= 15 is 0 Å². The lowest BCUT2D eigenvalue weighted by molar-refractivity contribution is 0.0766. The maximum Gasteiger partial charge on any atom is 0.254 e. The van der Waals surface area contributed by atoms with E-state index in [0.29, 0.717) is 6.54 Å². The molecule has 0 atom stereocenters. The number of amides is 1. The van der Waals surface area contributed by atoms with Crippen LogP contribution in [0.25, 0.3) is 0 Å². The van der Waals surface area contributed by atoms with Crippen LogP contribution in [0.5, 0.6) is 0 Å². The van der Waals surface area contributed by atoms with Crippen molar-refractivity contribution in [3.05, 3.63) is 70.8 Å². The lowest BCUT2D eigenvalue weighted by Crippen LogP contribution is -2.23. The van der Waals surface area contributed by atoms with Crippen LogP contribution in [0.3, 0.4) is 0 Å². The molecule has 0 saturated heterocycles. The van der Waals surface area contributed by atoms with Gasteiger partial charge in [0.15, 0.2) is 0 Å². The average molecular weight is 279 g/mol. The highest BCUT2D eigenvalue weighted by atomic mass is 16.2. The highest BCUT2D eigenvalue weighted by molar-refractivity contribution is 5.98. The molecule has 2 nitrogen and oxygen atoms in total. The Balaban J connectivity index is 1.76. The van der Waals surface area contributed by atoms with E-state index in [1.165, 1.54) is 11.1 Å².